The van der Waals surface area contributed by atoms with Crippen LogP contribution in [0.25, 0.3) is 0 Å². The molecule has 8 heteroatoms. The van der Waals surface area contributed by atoms with Gasteiger partial charge in [0.2, 0.25) is 11.8 Å². The summed E-state index contributed by atoms with van der Waals surface area (Å²) < 4.78 is 0. The molecular formula is C29H43N5O3. The van der Waals surface area contributed by atoms with Crippen molar-refractivity contribution < 1.29 is 14.4 Å². The third kappa shape index (κ3) is 9.72. The first-order valence-electron chi connectivity index (χ1n) is 13.1. The molecule has 0 fully saturated rings. The maximum absolute atomic E-state index is 13.4. The second-order valence-corrected chi connectivity index (χ2v) is 9.84. The van der Waals surface area contributed by atoms with Crippen LogP contribution < -0.4 is 22.5 Å². The summed E-state index contributed by atoms with van der Waals surface area (Å²) >= 11 is 0. The fourth-order valence-corrected chi connectivity index (χ4v) is 4.45. The lowest BCUT2D eigenvalue weighted by atomic mass is 9.93. The van der Waals surface area contributed by atoms with Gasteiger partial charge in [0.15, 0.2) is 5.78 Å². The van der Waals surface area contributed by atoms with Gasteiger partial charge in [-0.3, -0.25) is 14.4 Å². The zero-order chi connectivity index (χ0) is 27.4. The van der Waals surface area contributed by atoms with E-state index in [9.17, 15) is 14.4 Å². The van der Waals surface area contributed by atoms with Crippen LogP contribution in [0.2, 0.25) is 0 Å². The third-order valence-electron chi connectivity index (χ3n) is 6.49. The Morgan fingerprint density at radius 2 is 1.59 bits per heavy atom. The van der Waals surface area contributed by atoms with Gasteiger partial charge in [0.05, 0.1) is 18.5 Å². The number of carbonyl (C=O) groups excluding carboxylic acids is 3. The van der Waals surface area contributed by atoms with Crippen molar-refractivity contribution in [3.63, 3.8) is 0 Å². The van der Waals surface area contributed by atoms with E-state index < -0.39 is 18.0 Å². The highest BCUT2D eigenvalue weighted by atomic mass is 16.2. The molecule has 7 N–H and O–H groups in total. The maximum atomic E-state index is 13.4. The van der Waals surface area contributed by atoms with Crippen molar-refractivity contribution in [2.75, 3.05) is 26.2 Å². The molecule has 0 heterocycles. The first kappa shape index (κ1) is 30.2. The maximum Gasteiger partial charge on any atom is 0.238 e. The SMILES string of the molecule is Cc1cc(CC(=O)[C@H](CCc2ccccc2)NC(=O)[C@@H](N)CC(=O)N(CCN)CCN)ccc1C(C)C. The summed E-state index contributed by atoms with van der Waals surface area (Å²) in [5, 5.41) is 2.83. The third-order valence-corrected chi connectivity index (χ3v) is 6.49. The highest BCUT2D eigenvalue weighted by Gasteiger charge is 2.26. The summed E-state index contributed by atoms with van der Waals surface area (Å²) in [5.74, 6) is -0.497. The average molecular weight is 510 g/mol. The fourth-order valence-electron chi connectivity index (χ4n) is 4.45. The molecule has 2 rings (SSSR count). The Labute approximate surface area is 221 Å². The molecule has 0 radical (unpaired) electrons. The molecular weight excluding hydrogens is 466 g/mol. The Kier molecular flexibility index (Phi) is 12.4. The average Bonchev–Trinajstić information content (AvgIpc) is 2.86. The molecule has 0 aromatic heterocycles. The van der Waals surface area contributed by atoms with Crippen LogP contribution in [0.4, 0.5) is 0 Å². The largest absolute Gasteiger partial charge is 0.345 e. The number of hydrogen-bond donors (Lipinski definition) is 4. The van der Waals surface area contributed by atoms with Gasteiger partial charge in [0.25, 0.3) is 0 Å². The number of hydrogen-bond acceptors (Lipinski definition) is 6. The molecule has 2 atom stereocenters. The van der Waals surface area contributed by atoms with Crippen LogP contribution in [0, 0.1) is 6.92 Å². The molecule has 0 aliphatic heterocycles. The highest BCUT2D eigenvalue weighted by molar-refractivity contribution is 5.93. The quantitative estimate of drug-likeness (QED) is 0.288. The Bertz CT molecular complexity index is 1020. The number of aryl methyl sites for hydroxylation is 2. The number of nitrogens with one attached hydrogen (secondary N) is 1. The molecule has 2 aromatic carbocycles. The minimum atomic E-state index is -1.08. The summed E-state index contributed by atoms with van der Waals surface area (Å²) in [4.78, 5) is 40.4. The van der Waals surface area contributed by atoms with E-state index in [0.29, 0.717) is 44.9 Å². The summed E-state index contributed by atoms with van der Waals surface area (Å²) in [6.45, 7) is 7.60. The van der Waals surface area contributed by atoms with Crippen LogP contribution >= 0.6 is 0 Å². The van der Waals surface area contributed by atoms with Gasteiger partial charge in [-0.15, -0.1) is 0 Å². The molecule has 202 valence electrons. The lowest BCUT2D eigenvalue weighted by Gasteiger charge is -2.24. The molecule has 0 aliphatic carbocycles. The first-order valence-corrected chi connectivity index (χ1v) is 13.1. The van der Waals surface area contributed by atoms with E-state index in [1.54, 1.807) is 0 Å². The number of rotatable bonds is 15. The number of amides is 2. The van der Waals surface area contributed by atoms with Crippen molar-refractivity contribution in [2.24, 2.45) is 17.2 Å². The van der Waals surface area contributed by atoms with Gasteiger partial charge in [-0.05, 0) is 47.9 Å². The molecule has 0 unspecified atom stereocenters. The monoisotopic (exact) mass is 509 g/mol. The zero-order valence-corrected chi connectivity index (χ0v) is 22.4. The van der Waals surface area contributed by atoms with Crippen LogP contribution in [0.3, 0.4) is 0 Å². The highest BCUT2D eigenvalue weighted by Crippen LogP contribution is 2.21. The lowest BCUT2D eigenvalue weighted by Crippen LogP contribution is -2.51. The number of nitrogens with zero attached hydrogens (tertiary/aromatic N) is 1. The molecule has 8 nitrogen and oxygen atoms in total. The summed E-state index contributed by atoms with van der Waals surface area (Å²) in [5.41, 5.74) is 21.6. The minimum absolute atomic E-state index is 0.0904. The molecule has 2 amide bonds. The van der Waals surface area contributed by atoms with E-state index in [1.165, 1.54) is 10.5 Å². The van der Waals surface area contributed by atoms with Crippen molar-refractivity contribution in [3.8, 4) is 0 Å². The number of carbonyl (C=O) groups is 3. The van der Waals surface area contributed by atoms with Gasteiger partial charge in [0.1, 0.15) is 0 Å². The smallest absolute Gasteiger partial charge is 0.238 e. The van der Waals surface area contributed by atoms with Crippen LogP contribution in [0.15, 0.2) is 48.5 Å². The van der Waals surface area contributed by atoms with Crippen molar-refractivity contribution >= 4 is 17.6 Å². The molecule has 0 saturated heterocycles. The van der Waals surface area contributed by atoms with Gasteiger partial charge < -0.3 is 27.4 Å². The standard InChI is InChI=1S/C29H43N5O3/c1-20(2)24-11-9-23(17-21(24)3)18-27(35)26(12-10-22-7-5-4-6-8-22)33-29(37)25(32)19-28(36)34(15-13-30)16-14-31/h4-9,11,17,20,25-26H,10,12-16,18-19,30-32H2,1-3H3,(H,33,37)/t25-,26-/m0/s1. The normalized spacial score (nSPS) is 12.7. The van der Waals surface area contributed by atoms with Gasteiger partial charge in [0, 0.05) is 32.6 Å². The number of Topliss-reactive ketones (excluding diaryl/α,β-unsaturated/α-hetero) is 1. The minimum Gasteiger partial charge on any atom is -0.345 e. The van der Waals surface area contributed by atoms with Gasteiger partial charge in [-0.2, -0.15) is 0 Å². The van der Waals surface area contributed by atoms with Crippen molar-refractivity contribution in [3.05, 3.63) is 70.8 Å². The lowest BCUT2D eigenvalue weighted by molar-refractivity contribution is -0.134. The molecule has 0 aliphatic rings. The van der Waals surface area contributed by atoms with Crippen LogP contribution in [-0.2, 0) is 27.2 Å². The van der Waals surface area contributed by atoms with E-state index in [4.69, 9.17) is 17.2 Å². The molecule has 0 bridgehead atoms. The summed E-state index contributed by atoms with van der Waals surface area (Å²) in [7, 11) is 0. The van der Waals surface area contributed by atoms with Gasteiger partial charge in [-0.1, -0.05) is 62.4 Å². The molecule has 0 spiro atoms. The van der Waals surface area contributed by atoms with E-state index >= 15 is 0 Å². The topological polar surface area (TPSA) is 145 Å². The Hall–Kier alpha value is -3.07. The Morgan fingerprint density at radius 3 is 2.16 bits per heavy atom. The van der Waals surface area contributed by atoms with Crippen molar-refractivity contribution in [1.29, 1.82) is 0 Å². The summed E-state index contributed by atoms with van der Waals surface area (Å²) in [6.07, 6.45) is 1.08. The number of benzene rings is 2. The van der Waals surface area contributed by atoms with Gasteiger partial charge >= 0.3 is 0 Å². The van der Waals surface area contributed by atoms with E-state index in [2.05, 4.69) is 25.2 Å². The van der Waals surface area contributed by atoms with Crippen LogP contribution in [-0.4, -0.2) is 60.8 Å². The van der Waals surface area contributed by atoms with E-state index in [-0.39, 0.29) is 24.5 Å². The predicted octanol–water partition coefficient (Wildman–Crippen LogP) is 1.81. The molecule has 37 heavy (non-hydrogen) atoms. The van der Waals surface area contributed by atoms with Crippen molar-refractivity contribution in [1.82, 2.24) is 10.2 Å². The Balaban J connectivity index is 2.12. The fraction of sp³-hybridized carbons (Fsp3) is 0.483. The zero-order valence-electron chi connectivity index (χ0n) is 22.4. The van der Waals surface area contributed by atoms with Crippen LogP contribution in [0.5, 0.6) is 0 Å². The second-order valence-electron chi connectivity index (χ2n) is 9.84. The predicted molar refractivity (Wildman–Crippen MR) is 148 cm³/mol. The van der Waals surface area contributed by atoms with E-state index in [1.807, 2.05) is 49.4 Å². The summed E-state index contributed by atoms with van der Waals surface area (Å²) in [6, 6.07) is 14.1. The van der Waals surface area contributed by atoms with E-state index in [0.717, 1.165) is 16.7 Å². The molecule has 2 aromatic rings. The second kappa shape index (κ2) is 15.2. The van der Waals surface area contributed by atoms with Crippen LogP contribution in [0.1, 0.15) is 54.9 Å². The first-order chi connectivity index (χ1) is 17.7. The number of ketones is 1. The number of nitrogens with two attached hydrogens (primary N) is 3. The Morgan fingerprint density at radius 1 is 0.946 bits per heavy atom. The van der Waals surface area contributed by atoms with Gasteiger partial charge in [-0.25, -0.2) is 0 Å². The van der Waals surface area contributed by atoms with Crippen molar-refractivity contribution in [2.45, 2.75) is 64.5 Å². The molecule has 0 saturated carbocycles.